The molecule has 19 heavy (non-hydrogen) atoms. The Bertz CT molecular complexity index is 505. The number of unbranched alkanes of at least 4 members (excludes halogenated alkanes) is 1. The lowest BCUT2D eigenvalue weighted by molar-refractivity contribution is -0.115. The summed E-state index contributed by atoms with van der Waals surface area (Å²) in [4.78, 5) is 24.9. The fourth-order valence-corrected chi connectivity index (χ4v) is 2.17. The van der Waals surface area contributed by atoms with Crippen LogP contribution < -0.4 is 10.2 Å². The van der Waals surface area contributed by atoms with E-state index in [0.717, 1.165) is 17.3 Å². The molecule has 2 rings (SSSR count). The van der Waals surface area contributed by atoms with Crippen molar-refractivity contribution in [2.45, 2.75) is 19.8 Å². The third-order valence-corrected chi connectivity index (χ3v) is 3.26. The summed E-state index contributed by atoms with van der Waals surface area (Å²) in [6.45, 7) is 2.38. The topological polar surface area (TPSA) is 58.6 Å². The summed E-state index contributed by atoms with van der Waals surface area (Å²) in [5, 5.41) is 2.73. The highest BCUT2D eigenvalue weighted by Gasteiger charge is 2.27. The second-order valence-electron chi connectivity index (χ2n) is 4.26. The van der Waals surface area contributed by atoms with Crippen LogP contribution in [-0.4, -0.2) is 25.2 Å². The summed E-state index contributed by atoms with van der Waals surface area (Å²) in [7, 11) is 0. The van der Waals surface area contributed by atoms with Crippen molar-refractivity contribution in [3.05, 3.63) is 22.7 Å². The van der Waals surface area contributed by atoms with E-state index < -0.39 is 6.09 Å². The normalized spacial score (nSPS) is 13.8. The number of hydrogen-bond acceptors (Lipinski definition) is 3. The van der Waals surface area contributed by atoms with Crippen LogP contribution in [0.15, 0.2) is 22.7 Å². The molecule has 2 amide bonds. The maximum Gasteiger partial charge on any atom is 0.414 e. The number of rotatable bonds is 3. The number of hydrogen-bond donors (Lipinski definition) is 1. The fourth-order valence-electron chi connectivity index (χ4n) is 1.81. The summed E-state index contributed by atoms with van der Waals surface area (Å²) in [6, 6.07) is 5.36. The number of halogens is 1. The van der Waals surface area contributed by atoms with E-state index in [0.29, 0.717) is 18.0 Å². The zero-order valence-corrected chi connectivity index (χ0v) is 12.2. The predicted molar refractivity (Wildman–Crippen MR) is 76.4 cm³/mol. The van der Waals surface area contributed by atoms with Crippen LogP contribution in [0.3, 0.4) is 0 Å². The lowest BCUT2D eigenvalue weighted by atomic mass is 10.2. The van der Waals surface area contributed by atoms with Gasteiger partial charge in [0.15, 0.2) is 0 Å². The Balaban J connectivity index is 2.18. The molecule has 0 saturated carbocycles. The predicted octanol–water partition coefficient (Wildman–Crippen LogP) is 3.14. The van der Waals surface area contributed by atoms with Gasteiger partial charge in [-0.1, -0.05) is 29.3 Å². The third kappa shape index (κ3) is 3.26. The smallest absolute Gasteiger partial charge is 0.414 e. The van der Waals surface area contributed by atoms with Gasteiger partial charge in [-0.3, -0.25) is 9.69 Å². The van der Waals surface area contributed by atoms with Gasteiger partial charge >= 0.3 is 6.09 Å². The fraction of sp³-hybridized carbons (Fsp3) is 0.385. The van der Waals surface area contributed by atoms with Crippen LogP contribution in [-0.2, 0) is 9.53 Å². The van der Waals surface area contributed by atoms with Gasteiger partial charge in [0.1, 0.15) is 6.54 Å². The van der Waals surface area contributed by atoms with E-state index in [1.54, 1.807) is 12.1 Å². The number of amides is 2. The zero-order chi connectivity index (χ0) is 13.8. The highest BCUT2D eigenvalue weighted by atomic mass is 79.9. The van der Waals surface area contributed by atoms with Crippen molar-refractivity contribution in [1.82, 2.24) is 0 Å². The number of carbonyl (C=O) groups is 2. The first-order valence-corrected chi connectivity index (χ1v) is 6.95. The van der Waals surface area contributed by atoms with Gasteiger partial charge in [-0.05, 0) is 24.6 Å². The van der Waals surface area contributed by atoms with Gasteiger partial charge in [0.2, 0.25) is 5.91 Å². The number of nitrogens with one attached hydrogen (secondary N) is 1. The molecule has 0 unspecified atom stereocenters. The second-order valence-corrected chi connectivity index (χ2v) is 5.18. The van der Waals surface area contributed by atoms with Gasteiger partial charge in [-0.2, -0.15) is 0 Å². The minimum absolute atomic E-state index is 0.0143. The Morgan fingerprint density at radius 1 is 1.53 bits per heavy atom. The van der Waals surface area contributed by atoms with Crippen molar-refractivity contribution in [2.75, 3.05) is 23.4 Å². The molecule has 0 aromatic heterocycles. The van der Waals surface area contributed by atoms with E-state index in [1.165, 1.54) is 4.90 Å². The van der Waals surface area contributed by atoms with Crippen LogP contribution in [0.5, 0.6) is 0 Å². The molecule has 102 valence electrons. The molecule has 1 aromatic rings. The molecule has 6 heteroatoms. The molecule has 1 aliphatic heterocycles. The van der Waals surface area contributed by atoms with Crippen molar-refractivity contribution in [3.63, 3.8) is 0 Å². The average Bonchev–Trinajstić information content (AvgIpc) is 2.37. The van der Waals surface area contributed by atoms with E-state index in [4.69, 9.17) is 4.74 Å². The lowest BCUT2D eigenvalue weighted by Crippen LogP contribution is -2.42. The Labute approximate surface area is 120 Å². The SMILES string of the molecule is CCCCOC(=O)N1CC(=O)Nc2cc(Br)ccc21. The number of benzene rings is 1. The summed E-state index contributed by atoms with van der Waals surface area (Å²) in [5.41, 5.74) is 1.27. The number of carbonyl (C=O) groups excluding carboxylic acids is 2. The van der Waals surface area contributed by atoms with Crippen LogP contribution in [0.25, 0.3) is 0 Å². The minimum atomic E-state index is -0.480. The van der Waals surface area contributed by atoms with Crippen molar-refractivity contribution < 1.29 is 14.3 Å². The largest absolute Gasteiger partial charge is 0.449 e. The standard InChI is InChI=1S/C13H15BrN2O3/c1-2-3-6-19-13(18)16-8-12(17)15-10-7-9(14)4-5-11(10)16/h4-5,7H,2-3,6,8H2,1H3,(H,15,17). The van der Waals surface area contributed by atoms with E-state index in [-0.39, 0.29) is 12.5 Å². The molecule has 0 saturated heterocycles. The first-order valence-electron chi connectivity index (χ1n) is 6.15. The van der Waals surface area contributed by atoms with Crippen molar-refractivity contribution in [2.24, 2.45) is 0 Å². The number of ether oxygens (including phenoxy) is 1. The maximum atomic E-state index is 12.0. The van der Waals surface area contributed by atoms with Gasteiger partial charge in [0.05, 0.1) is 18.0 Å². The van der Waals surface area contributed by atoms with Crippen LogP contribution in [0.1, 0.15) is 19.8 Å². The first kappa shape index (κ1) is 13.9. The zero-order valence-electron chi connectivity index (χ0n) is 10.6. The van der Waals surface area contributed by atoms with E-state index in [2.05, 4.69) is 21.2 Å². The van der Waals surface area contributed by atoms with Crippen molar-refractivity contribution in [1.29, 1.82) is 0 Å². The molecule has 0 spiro atoms. The second kappa shape index (κ2) is 6.06. The van der Waals surface area contributed by atoms with E-state index in [9.17, 15) is 9.59 Å². The number of anilines is 2. The molecule has 0 fully saturated rings. The van der Waals surface area contributed by atoms with Gasteiger partial charge in [0.25, 0.3) is 0 Å². The molecule has 0 bridgehead atoms. The van der Waals surface area contributed by atoms with E-state index >= 15 is 0 Å². The quantitative estimate of drug-likeness (QED) is 0.868. The molecule has 0 aliphatic carbocycles. The van der Waals surface area contributed by atoms with Gasteiger partial charge in [-0.25, -0.2) is 4.79 Å². The summed E-state index contributed by atoms with van der Waals surface area (Å²) in [6.07, 6.45) is 1.29. The Morgan fingerprint density at radius 2 is 2.32 bits per heavy atom. The molecular formula is C13H15BrN2O3. The molecule has 0 atom stereocenters. The van der Waals surface area contributed by atoms with Gasteiger partial charge in [-0.15, -0.1) is 0 Å². The number of nitrogens with zero attached hydrogens (tertiary/aromatic N) is 1. The highest BCUT2D eigenvalue weighted by molar-refractivity contribution is 9.10. The third-order valence-electron chi connectivity index (χ3n) is 2.77. The molecular weight excluding hydrogens is 312 g/mol. The van der Waals surface area contributed by atoms with Crippen LogP contribution in [0.4, 0.5) is 16.2 Å². The monoisotopic (exact) mass is 326 g/mol. The lowest BCUT2D eigenvalue weighted by Gasteiger charge is -2.28. The molecule has 1 heterocycles. The van der Waals surface area contributed by atoms with Gasteiger partial charge < -0.3 is 10.1 Å². The molecule has 1 aromatic carbocycles. The van der Waals surface area contributed by atoms with Crippen LogP contribution in [0, 0.1) is 0 Å². The summed E-state index contributed by atoms with van der Waals surface area (Å²) < 4.78 is 5.99. The van der Waals surface area contributed by atoms with E-state index in [1.807, 2.05) is 13.0 Å². The molecule has 1 aliphatic rings. The maximum absolute atomic E-state index is 12.0. The highest BCUT2D eigenvalue weighted by Crippen LogP contribution is 2.32. The molecule has 5 nitrogen and oxygen atoms in total. The Kier molecular flexibility index (Phi) is 4.42. The summed E-state index contributed by atoms with van der Waals surface area (Å²) in [5.74, 6) is -0.224. The Hall–Kier alpha value is -1.56. The number of fused-ring (bicyclic) bond motifs is 1. The van der Waals surface area contributed by atoms with Gasteiger partial charge in [0, 0.05) is 4.47 Å². The molecule has 1 N–H and O–H groups in total. The van der Waals surface area contributed by atoms with Crippen LogP contribution >= 0.6 is 15.9 Å². The Morgan fingerprint density at radius 3 is 3.05 bits per heavy atom. The average molecular weight is 327 g/mol. The van der Waals surface area contributed by atoms with Crippen LogP contribution in [0.2, 0.25) is 0 Å². The molecule has 0 radical (unpaired) electrons. The minimum Gasteiger partial charge on any atom is -0.449 e. The van der Waals surface area contributed by atoms with Crippen molar-refractivity contribution in [3.8, 4) is 0 Å². The van der Waals surface area contributed by atoms with Crippen molar-refractivity contribution >= 4 is 39.3 Å². The first-order chi connectivity index (χ1) is 9.11. The summed E-state index contributed by atoms with van der Waals surface area (Å²) >= 11 is 3.33.